The molecule has 0 bridgehead atoms. The summed E-state index contributed by atoms with van der Waals surface area (Å²) in [4.78, 5) is 0. The summed E-state index contributed by atoms with van der Waals surface area (Å²) in [6.07, 6.45) is 0.919. The molecule has 0 saturated carbocycles. The molecule has 0 spiro atoms. The fourth-order valence-corrected chi connectivity index (χ4v) is 2.60. The first-order valence-electron chi connectivity index (χ1n) is 6.40. The normalized spacial score (nSPS) is 13.8. The van der Waals surface area contributed by atoms with Crippen LogP contribution in [0.2, 0.25) is 0 Å². The molecule has 102 valence electrons. The van der Waals surface area contributed by atoms with E-state index in [4.69, 9.17) is 0 Å². The van der Waals surface area contributed by atoms with Gasteiger partial charge in [-0.15, -0.1) is 0 Å². The summed E-state index contributed by atoms with van der Waals surface area (Å²) in [6, 6.07) is 10.5. The molecule has 0 aliphatic heterocycles. The van der Waals surface area contributed by atoms with E-state index >= 15 is 0 Å². The Morgan fingerprint density at radius 1 is 1.11 bits per heavy atom. The zero-order valence-corrected chi connectivity index (χ0v) is 12.2. The van der Waals surface area contributed by atoms with E-state index in [0.717, 1.165) is 6.42 Å². The fourth-order valence-electron chi connectivity index (χ4n) is 1.72. The number of sulfone groups is 1. The molecule has 0 saturated heterocycles. The Balaban J connectivity index is 2.32. The molecule has 1 rings (SSSR count). The summed E-state index contributed by atoms with van der Waals surface area (Å²) < 4.78 is 23.3. The van der Waals surface area contributed by atoms with Crippen LogP contribution in [0.3, 0.4) is 0 Å². The van der Waals surface area contributed by atoms with Gasteiger partial charge in [-0.1, -0.05) is 30.3 Å². The second kappa shape index (κ2) is 6.90. The maximum absolute atomic E-state index is 11.6. The molecule has 0 amide bonds. The van der Waals surface area contributed by atoms with E-state index in [9.17, 15) is 8.42 Å². The van der Waals surface area contributed by atoms with Gasteiger partial charge >= 0.3 is 0 Å². The zero-order valence-electron chi connectivity index (χ0n) is 11.4. The van der Waals surface area contributed by atoms with E-state index in [0.29, 0.717) is 6.54 Å². The van der Waals surface area contributed by atoms with E-state index < -0.39 is 9.84 Å². The van der Waals surface area contributed by atoms with E-state index in [1.165, 1.54) is 5.56 Å². The van der Waals surface area contributed by atoms with Crippen LogP contribution in [-0.2, 0) is 16.3 Å². The van der Waals surface area contributed by atoms with Crippen molar-refractivity contribution in [2.45, 2.75) is 38.5 Å². The monoisotopic (exact) mass is 269 g/mol. The Morgan fingerprint density at radius 2 is 1.72 bits per heavy atom. The van der Waals surface area contributed by atoms with Gasteiger partial charge in [0.05, 0.1) is 11.0 Å². The van der Waals surface area contributed by atoms with Gasteiger partial charge in [-0.25, -0.2) is 8.42 Å². The van der Waals surface area contributed by atoms with Gasteiger partial charge in [-0.3, -0.25) is 0 Å². The molecule has 3 nitrogen and oxygen atoms in total. The first kappa shape index (κ1) is 15.2. The van der Waals surface area contributed by atoms with Gasteiger partial charge in [-0.05, 0) is 32.8 Å². The maximum atomic E-state index is 11.6. The predicted molar refractivity (Wildman–Crippen MR) is 76.5 cm³/mol. The number of benzene rings is 1. The molecule has 18 heavy (non-hydrogen) atoms. The number of rotatable bonds is 7. The summed E-state index contributed by atoms with van der Waals surface area (Å²) in [5, 5.41) is 2.97. The van der Waals surface area contributed by atoms with Crippen LogP contribution in [0.15, 0.2) is 30.3 Å². The van der Waals surface area contributed by atoms with Crippen molar-refractivity contribution in [3.63, 3.8) is 0 Å². The van der Waals surface area contributed by atoms with Crippen molar-refractivity contribution in [2.24, 2.45) is 0 Å². The van der Waals surface area contributed by atoms with Crippen LogP contribution in [0.5, 0.6) is 0 Å². The van der Waals surface area contributed by atoms with Crippen LogP contribution < -0.4 is 5.32 Å². The Hall–Kier alpha value is -0.870. The minimum atomic E-state index is -2.93. The first-order valence-corrected chi connectivity index (χ1v) is 8.12. The summed E-state index contributed by atoms with van der Waals surface area (Å²) in [5.41, 5.74) is 1.27. The van der Waals surface area contributed by atoms with E-state index in [1.807, 2.05) is 18.2 Å². The van der Waals surface area contributed by atoms with Gasteiger partial charge in [0.25, 0.3) is 0 Å². The predicted octanol–water partition coefficient (Wildman–Crippen LogP) is 2.03. The van der Waals surface area contributed by atoms with Crippen molar-refractivity contribution in [3.8, 4) is 0 Å². The fraction of sp³-hybridized carbons (Fsp3) is 0.571. The molecule has 0 radical (unpaired) electrons. The number of hydrogen-bond donors (Lipinski definition) is 1. The third kappa shape index (κ3) is 5.19. The quantitative estimate of drug-likeness (QED) is 0.824. The summed E-state index contributed by atoms with van der Waals surface area (Å²) in [7, 11) is -2.93. The lowest BCUT2D eigenvalue weighted by atomic mass is 10.1. The summed E-state index contributed by atoms with van der Waals surface area (Å²) >= 11 is 0. The molecule has 0 heterocycles. The molecule has 1 atom stereocenters. The molecule has 1 aromatic carbocycles. The van der Waals surface area contributed by atoms with Gasteiger partial charge in [0.15, 0.2) is 9.84 Å². The largest absolute Gasteiger partial charge is 0.313 e. The van der Waals surface area contributed by atoms with Gasteiger partial charge in [-0.2, -0.15) is 0 Å². The van der Waals surface area contributed by atoms with Crippen LogP contribution in [0.4, 0.5) is 0 Å². The molecule has 0 aliphatic rings. The van der Waals surface area contributed by atoms with Crippen LogP contribution in [0, 0.1) is 0 Å². The highest BCUT2D eigenvalue weighted by atomic mass is 32.2. The second-order valence-corrected chi connectivity index (χ2v) is 7.64. The van der Waals surface area contributed by atoms with E-state index in [2.05, 4.69) is 24.4 Å². The summed E-state index contributed by atoms with van der Waals surface area (Å²) in [5.74, 6) is 0.212. The second-order valence-electron chi connectivity index (χ2n) is 4.96. The lowest BCUT2D eigenvalue weighted by molar-refractivity contribution is 0.551. The van der Waals surface area contributed by atoms with Crippen molar-refractivity contribution in [2.75, 3.05) is 12.3 Å². The van der Waals surface area contributed by atoms with Crippen molar-refractivity contribution >= 4 is 9.84 Å². The van der Waals surface area contributed by atoms with Gasteiger partial charge < -0.3 is 5.32 Å². The molecule has 0 aromatic heterocycles. The first-order chi connectivity index (χ1) is 8.42. The van der Waals surface area contributed by atoms with Crippen LogP contribution >= 0.6 is 0 Å². The molecular weight excluding hydrogens is 246 g/mol. The minimum Gasteiger partial charge on any atom is -0.313 e. The van der Waals surface area contributed by atoms with Crippen LogP contribution in [0.25, 0.3) is 0 Å². The topological polar surface area (TPSA) is 46.2 Å². The van der Waals surface area contributed by atoms with Crippen molar-refractivity contribution in [1.82, 2.24) is 5.32 Å². The number of nitrogens with one attached hydrogen (secondary N) is 1. The van der Waals surface area contributed by atoms with Gasteiger partial charge in [0.2, 0.25) is 0 Å². The van der Waals surface area contributed by atoms with Gasteiger partial charge in [0.1, 0.15) is 0 Å². The molecule has 1 unspecified atom stereocenters. The van der Waals surface area contributed by atoms with Crippen molar-refractivity contribution in [1.29, 1.82) is 0 Å². The van der Waals surface area contributed by atoms with Crippen LogP contribution in [0.1, 0.15) is 26.3 Å². The number of hydrogen-bond acceptors (Lipinski definition) is 3. The summed E-state index contributed by atoms with van der Waals surface area (Å²) in [6.45, 7) is 6.05. The molecule has 4 heteroatoms. The van der Waals surface area contributed by atoms with Gasteiger partial charge in [0, 0.05) is 12.6 Å². The van der Waals surface area contributed by atoms with Crippen molar-refractivity contribution in [3.05, 3.63) is 35.9 Å². The highest BCUT2D eigenvalue weighted by Crippen LogP contribution is 2.03. The smallest absolute Gasteiger partial charge is 0.153 e. The Kier molecular flexibility index (Phi) is 5.82. The maximum Gasteiger partial charge on any atom is 0.153 e. The molecule has 1 N–H and O–H groups in total. The van der Waals surface area contributed by atoms with Crippen molar-refractivity contribution < 1.29 is 8.42 Å². The standard InChI is InChI=1S/C14H23NO2S/c1-12(2)18(16,17)10-9-15-13(3)11-14-7-5-4-6-8-14/h4-8,12-13,15H,9-11H2,1-3H3. The lowest BCUT2D eigenvalue weighted by Gasteiger charge is -2.14. The van der Waals surface area contributed by atoms with E-state index in [1.54, 1.807) is 13.8 Å². The molecule has 0 fully saturated rings. The Labute approximate surface area is 111 Å². The highest BCUT2D eigenvalue weighted by molar-refractivity contribution is 7.92. The van der Waals surface area contributed by atoms with Crippen LogP contribution in [-0.4, -0.2) is 32.0 Å². The Morgan fingerprint density at radius 3 is 2.28 bits per heavy atom. The molecule has 1 aromatic rings. The lowest BCUT2D eigenvalue weighted by Crippen LogP contribution is -2.34. The highest BCUT2D eigenvalue weighted by Gasteiger charge is 2.15. The minimum absolute atomic E-state index is 0.212. The third-order valence-corrected chi connectivity index (χ3v) is 5.19. The zero-order chi connectivity index (χ0) is 13.6. The molecular formula is C14H23NO2S. The van der Waals surface area contributed by atoms with E-state index in [-0.39, 0.29) is 17.0 Å². The average molecular weight is 269 g/mol. The third-order valence-electron chi connectivity index (χ3n) is 2.98. The SMILES string of the molecule is CC(Cc1ccccc1)NCCS(=O)(=O)C(C)C. The Bertz CT molecular complexity index is 440. The molecule has 0 aliphatic carbocycles. The average Bonchev–Trinajstić information content (AvgIpc) is 2.29.